The van der Waals surface area contributed by atoms with Gasteiger partial charge in [0.25, 0.3) is 0 Å². The van der Waals surface area contributed by atoms with Crippen molar-refractivity contribution in [3.05, 3.63) is 29.8 Å². The summed E-state index contributed by atoms with van der Waals surface area (Å²) in [7, 11) is 1.65. The van der Waals surface area contributed by atoms with Crippen LogP contribution in [0, 0.1) is 0 Å². The van der Waals surface area contributed by atoms with Crippen LogP contribution in [0.2, 0.25) is 0 Å². The number of hydrogen-bond acceptors (Lipinski definition) is 4. The van der Waals surface area contributed by atoms with Crippen molar-refractivity contribution < 1.29 is 14.3 Å². The molecule has 0 aromatic heterocycles. The van der Waals surface area contributed by atoms with Crippen LogP contribution in [0.3, 0.4) is 0 Å². The first-order chi connectivity index (χ1) is 11.2. The summed E-state index contributed by atoms with van der Waals surface area (Å²) >= 11 is 0. The maximum Gasteiger partial charge on any atom is 0.319 e. The van der Waals surface area contributed by atoms with E-state index in [1.54, 1.807) is 7.11 Å². The molecule has 0 radical (unpaired) electrons. The molecule has 1 saturated heterocycles. The van der Waals surface area contributed by atoms with Gasteiger partial charge in [-0.2, -0.15) is 0 Å². The molecule has 6 heteroatoms. The second-order valence-electron chi connectivity index (χ2n) is 5.67. The topological polar surface area (TPSA) is 62.8 Å². The standard InChI is InChI=1S/C17H27N3O3/c1-14(20-9-12-23-13-10-20)15-4-6-16(7-5-15)19-17(21)18-8-3-11-22-2/h4-7,14H,3,8-13H2,1-2H3,(H2,18,19,21). The van der Waals surface area contributed by atoms with Gasteiger partial charge in [-0.3, -0.25) is 4.90 Å². The van der Waals surface area contributed by atoms with Crippen molar-refractivity contribution in [2.45, 2.75) is 19.4 Å². The van der Waals surface area contributed by atoms with Crippen molar-refractivity contribution in [3.63, 3.8) is 0 Å². The molecule has 1 atom stereocenters. The summed E-state index contributed by atoms with van der Waals surface area (Å²) in [4.78, 5) is 14.2. The number of ether oxygens (including phenoxy) is 2. The van der Waals surface area contributed by atoms with Crippen LogP contribution in [-0.4, -0.2) is 57.5 Å². The molecule has 23 heavy (non-hydrogen) atoms. The van der Waals surface area contributed by atoms with E-state index >= 15 is 0 Å². The highest BCUT2D eigenvalue weighted by Gasteiger charge is 2.18. The number of carbonyl (C=O) groups is 1. The van der Waals surface area contributed by atoms with Crippen molar-refractivity contribution in [1.82, 2.24) is 10.2 Å². The molecule has 1 aliphatic heterocycles. The molecule has 1 aliphatic rings. The van der Waals surface area contributed by atoms with Crippen molar-refractivity contribution in [2.75, 3.05) is 51.9 Å². The summed E-state index contributed by atoms with van der Waals surface area (Å²) in [5.41, 5.74) is 2.05. The maximum atomic E-state index is 11.8. The van der Waals surface area contributed by atoms with Gasteiger partial charge in [0, 0.05) is 45.1 Å². The Hall–Kier alpha value is -1.63. The minimum absolute atomic E-state index is 0.185. The molecule has 2 rings (SSSR count). The molecule has 0 spiro atoms. The summed E-state index contributed by atoms with van der Waals surface area (Å²) in [6.45, 7) is 6.98. The molecule has 1 unspecified atom stereocenters. The van der Waals surface area contributed by atoms with Crippen molar-refractivity contribution in [3.8, 4) is 0 Å². The number of methoxy groups -OCH3 is 1. The summed E-state index contributed by atoms with van der Waals surface area (Å²) in [5.74, 6) is 0. The van der Waals surface area contributed by atoms with E-state index < -0.39 is 0 Å². The minimum atomic E-state index is -0.185. The highest BCUT2D eigenvalue weighted by Crippen LogP contribution is 2.22. The lowest BCUT2D eigenvalue weighted by Gasteiger charge is -2.32. The zero-order valence-corrected chi connectivity index (χ0v) is 14.0. The highest BCUT2D eigenvalue weighted by atomic mass is 16.5. The van der Waals surface area contributed by atoms with Gasteiger partial charge in [-0.1, -0.05) is 12.1 Å². The fourth-order valence-electron chi connectivity index (χ4n) is 2.61. The zero-order valence-electron chi connectivity index (χ0n) is 14.0. The lowest BCUT2D eigenvalue weighted by atomic mass is 10.1. The molecule has 0 aliphatic carbocycles. The Bertz CT molecular complexity index is 472. The second-order valence-corrected chi connectivity index (χ2v) is 5.67. The quantitative estimate of drug-likeness (QED) is 0.756. The van der Waals surface area contributed by atoms with Crippen LogP contribution >= 0.6 is 0 Å². The molecule has 2 N–H and O–H groups in total. The number of morpholine rings is 1. The van der Waals surface area contributed by atoms with Gasteiger partial charge < -0.3 is 20.1 Å². The molecule has 2 amide bonds. The number of anilines is 1. The lowest BCUT2D eigenvalue weighted by Crippen LogP contribution is -2.38. The lowest BCUT2D eigenvalue weighted by molar-refractivity contribution is 0.0198. The third kappa shape index (κ3) is 5.82. The number of rotatable bonds is 7. The van der Waals surface area contributed by atoms with Crippen LogP contribution < -0.4 is 10.6 Å². The first-order valence-electron chi connectivity index (χ1n) is 8.16. The number of urea groups is 1. The largest absolute Gasteiger partial charge is 0.385 e. The van der Waals surface area contributed by atoms with Gasteiger partial charge in [-0.25, -0.2) is 4.79 Å². The Kier molecular flexibility index (Phi) is 7.32. The van der Waals surface area contributed by atoms with Gasteiger partial charge in [0.2, 0.25) is 0 Å². The fourth-order valence-corrected chi connectivity index (χ4v) is 2.61. The first kappa shape index (κ1) is 17.7. The zero-order chi connectivity index (χ0) is 16.5. The number of carbonyl (C=O) groups excluding carboxylic acids is 1. The van der Waals surface area contributed by atoms with Gasteiger partial charge >= 0.3 is 6.03 Å². The summed E-state index contributed by atoms with van der Waals surface area (Å²) in [5, 5.41) is 5.64. The third-order valence-corrected chi connectivity index (χ3v) is 4.06. The average Bonchev–Trinajstić information content (AvgIpc) is 2.59. The van der Waals surface area contributed by atoms with E-state index in [0.717, 1.165) is 38.4 Å². The number of nitrogens with one attached hydrogen (secondary N) is 2. The van der Waals surface area contributed by atoms with Crippen LogP contribution in [0.15, 0.2) is 24.3 Å². The smallest absolute Gasteiger partial charge is 0.319 e. The molecule has 1 heterocycles. The maximum absolute atomic E-state index is 11.8. The molecule has 1 aromatic rings. The average molecular weight is 321 g/mol. The molecule has 6 nitrogen and oxygen atoms in total. The molecular formula is C17H27N3O3. The molecule has 1 aromatic carbocycles. The Labute approximate surface area is 138 Å². The van der Waals surface area contributed by atoms with Crippen LogP contribution in [0.5, 0.6) is 0 Å². The van der Waals surface area contributed by atoms with Crippen molar-refractivity contribution in [2.24, 2.45) is 0 Å². The van der Waals surface area contributed by atoms with Gasteiger partial charge in [0.15, 0.2) is 0 Å². The third-order valence-electron chi connectivity index (χ3n) is 4.06. The summed E-state index contributed by atoms with van der Waals surface area (Å²) < 4.78 is 10.3. The predicted octanol–water partition coefficient (Wildman–Crippen LogP) is 2.24. The second kappa shape index (κ2) is 9.50. The Morgan fingerprint density at radius 3 is 2.65 bits per heavy atom. The minimum Gasteiger partial charge on any atom is -0.385 e. The molecule has 0 saturated carbocycles. The van der Waals surface area contributed by atoms with E-state index in [1.165, 1.54) is 5.56 Å². The van der Waals surface area contributed by atoms with Gasteiger partial charge in [-0.05, 0) is 31.0 Å². The highest BCUT2D eigenvalue weighted by molar-refractivity contribution is 5.89. The molecular weight excluding hydrogens is 294 g/mol. The van der Waals surface area contributed by atoms with Crippen LogP contribution in [0.4, 0.5) is 10.5 Å². The van der Waals surface area contributed by atoms with Crippen LogP contribution in [-0.2, 0) is 9.47 Å². The van der Waals surface area contributed by atoms with E-state index in [0.29, 0.717) is 19.2 Å². The van der Waals surface area contributed by atoms with E-state index in [4.69, 9.17) is 9.47 Å². The Balaban J connectivity index is 1.80. The van der Waals surface area contributed by atoms with E-state index in [1.807, 2.05) is 12.1 Å². The van der Waals surface area contributed by atoms with Crippen LogP contribution in [0.25, 0.3) is 0 Å². The predicted molar refractivity (Wildman–Crippen MR) is 90.8 cm³/mol. The SMILES string of the molecule is COCCCNC(=O)Nc1ccc(C(C)N2CCOCC2)cc1. The van der Waals surface area contributed by atoms with Crippen LogP contribution in [0.1, 0.15) is 24.9 Å². The first-order valence-corrected chi connectivity index (χ1v) is 8.16. The Morgan fingerprint density at radius 2 is 2.00 bits per heavy atom. The molecule has 128 valence electrons. The fraction of sp³-hybridized carbons (Fsp3) is 0.588. The Morgan fingerprint density at radius 1 is 1.30 bits per heavy atom. The monoisotopic (exact) mass is 321 g/mol. The van der Waals surface area contributed by atoms with Gasteiger partial charge in [0.05, 0.1) is 13.2 Å². The number of benzene rings is 1. The molecule has 0 bridgehead atoms. The normalized spacial score (nSPS) is 16.8. The van der Waals surface area contributed by atoms with Crippen molar-refractivity contribution >= 4 is 11.7 Å². The van der Waals surface area contributed by atoms with Crippen molar-refractivity contribution in [1.29, 1.82) is 0 Å². The number of amides is 2. The van der Waals surface area contributed by atoms with E-state index in [-0.39, 0.29) is 6.03 Å². The molecule has 1 fully saturated rings. The van der Waals surface area contributed by atoms with E-state index in [2.05, 4.69) is 34.6 Å². The summed E-state index contributed by atoms with van der Waals surface area (Å²) in [6.07, 6.45) is 0.805. The van der Waals surface area contributed by atoms with Gasteiger partial charge in [-0.15, -0.1) is 0 Å². The number of hydrogen-bond donors (Lipinski definition) is 2. The van der Waals surface area contributed by atoms with E-state index in [9.17, 15) is 4.79 Å². The summed E-state index contributed by atoms with van der Waals surface area (Å²) in [6, 6.07) is 8.20. The number of nitrogens with zero attached hydrogens (tertiary/aromatic N) is 1. The van der Waals surface area contributed by atoms with Gasteiger partial charge in [0.1, 0.15) is 0 Å².